The minimum Gasteiger partial charge on any atom is -0.395 e. The molecule has 0 amide bonds. The molecular formula is C25H25F3N4. The van der Waals surface area contributed by atoms with Crippen LogP contribution in [0.2, 0.25) is 0 Å². The fourth-order valence-corrected chi connectivity index (χ4v) is 3.62. The third-order valence-electron chi connectivity index (χ3n) is 4.83. The molecule has 7 heteroatoms. The Balaban J connectivity index is 2.16. The molecule has 0 fully saturated rings. The molecule has 0 aliphatic rings. The topological polar surface area (TPSA) is 66.0 Å². The number of nitrogens with one attached hydrogen (secondary N) is 1. The van der Waals surface area contributed by atoms with Gasteiger partial charge in [-0.25, -0.2) is 0 Å². The monoisotopic (exact) mass is 438 g/mol. The highest BCUT2D eigenvalue weighted by Gasteiger charge is 2.31. The lowest BCUT2D eigenvalue weighted by Gasteiger charge is -2.27. The van der Waals surface area contributed by atoms with Crippen molar-refractivity contribution in [1.82, 2.24) is 4.98 Å². The predicted octanol–water partition coefficient (Wildman–Crippen LogP) is 6.56. The van der Waals surface area contributed by atoms with Crippen molar-refractivity contribution in [3.05, 3.63) is 94.4 Å². The molecule has 0 spiro atoms. The van der Waals surface area contributed by atoms with Crippen molar-refractivity contribution in [2.45, 2.75) is 33.9 Å². The van der Waals surface area contributed by atoms with Crippen LogP contribution in [0.15, 0.2) is 66.5 Å². The van der Waals surface area contributed by atoms with E-state index in [0.29, 0.717) is 11.8 Å². The molecule has 2 aromatic carbocycles. The Morgan fingerprint density at radius 2 is 1.31 bits per heavy atom. The van der Waals surface area contributed by atoms with Crippen molar-refractivity contribution < 1.29 is 13.2 Å². The highest BCUT2D eigenvalue weighted by Crippen LogP contribution is 2.36. The number of nitrogens with zero attached hydrogens (tertiary/aromatic N) is 2. The van der Waals surface area contributed by atoms with Crippen molar-refractivity contribution in [1.29, 1.82) is 5.41 Å². The fourth-order valence-electron chi connectivity index (χ4n) is 3.62. The Labute approximate surface area is 185 Å². The molecule has 166 valence electrons. The molecule has 0 aliphatic heterocycles. The van der Waals surface area contributed by atoms with E-state index in [-0.39, 0.29) is 5.69 Å². The van der Waals surface area contributed by atoms with Gasteiger partial charge in [0.25, 0.3) is 0 Å². The van der Waals surface area contributed by atoms with Gasteiger partial charge in [0.2, 0.25) is 0 Å². The zero-order valence-electron chi connectivity index (χ0n) is 18.4. The lowest BCUT2D eigenvalue weighted by Crippen LogP contribution is -2.21. The van der Waals surface area contributed by atoms with Crippen LogP contribution in [0.5, 0.6) is 0 Å². The van der Waals surface area contributed by atoms with E-state index in [1.165, 1.54) is 6.20 Å². The quantitative estimate of drug-likeness (QED) is 0.444. The highest BCUT2D eigenvalue weighted by atomic mass is 19.4. The van der Waals surface area contributed by atoms with Gasteiger partial charge in [-0.1, -0.05) is 12.1 Å². The van der Waals surface area contributed by atoms with Gasteiger partial charge in [0.05, 0.1) is 11.4 Å². The van der Waals surface area contributed by atoms with Crippen LogP contribution in [0.1, 0.15) is 27.9 Å². The molecule has 0 radical (unpaired) electrons. The normalized spacial score (nSPS) is 12.0. The molecule has 0 unspecified atom stereocenters. The van der Waals surface area contributed by atoms with Crippen molar-refractivity contribution in [3.63, 3.8) is 0 Å². The second-order valence-electron chi connectivity index (χ2n) is 7.94. The first-order valence-corrected chi connectivity index (χ1v) is 10.00. The SMILES string of the molecule is Cc1cc(C)cc(N(c2cc(C)cc(C)c2)c2ccnc(C(=N)C=C(N)C(F)(F)F)c2)c1. The van der Waals surface area contributed by atoms with E-state index in [2.05, 4.69) is 17.1 Å². The van der Waals surface area contributed by atoms with Gasteiger partial charge >= 0.3 is 6.18 Å². The molecule has 0 saturated carbocycles. The molecule has 0 aliphatic carbocycles. The largest absolute Gasteiger partial charge is 0.430 e. The lowest BCUT2D eigenvalue weighted by molar-refractivity contribution is -0.0925. The van der Waals surface area contributed by atoms with Crippen molar-refractivity contribution >= 4 is 22.8 Å². The van der Waals surface area contributed by atoms with Crippen LogP contribution in [-0.2, 0) is 0 Å². The van der Waals surface area contributed by atoms with Crippen molar-refractivity contribution in [3.8, 4) is 0 Å². The summed E-state index contributed by atoms with van der Waals surface area (Å²) in [7, 11) is 0. The fraction of sp³-hybridized carbons (Fsp3) is 0.200. The molecule has 3 N–H and O–H groups in total. The van der Waals surface area contributed by atoms with Gasteiger partial charge in [-0.2, -0.15) is 13.2 Å². The number of allylic oxidation sites excluding steroid dienone is 2. The minimum atomic E-state index is -4.70. The number of hydrogen-bond acceptors (Lipinski definition) is 4. The van der Waals surface area contributed by atoms with E-state index in [1.54, 1.807) is 12.1 Å². The van der Waals surface area contributed by atoms with E-state index in [9.17, 15) is 13.2 Å². The minimum absolute atomic E-state index is 0.0912. The van der Waals surface area contributed by atoms with Gasteiger partial charge in [0.15, 0.2) is 0 Å². The zero-order valence-corrected chi connectivity index (χ0v) is 18.4. The molecule has 32 heavy (non-hydrogen) atoms. The zero-order chi connectivity index (χ0) is 23.6. The van der Waals surface area contributed by atoms with Crippen LogP contribution in [-0.4, -0.2) is 16.9 Å². The number of alkyl halides is 3. The molecule has 0 bridgehead atoms. The number of aromatic nitrogens is 1. The number of pyridine rings is 1. The highest BCUT2D eigenvalue weighted by molar-refractivity contribution is 6.06. The predicted molar refractivity (Wildman–Crippen MR) is 123 cm³/mol. The van der Waals surface area contributed by atoms with Gasteiger partial charge in [0.1, 0.15) is 5.70 Å². The standard InChI is InChI=1S/C25H25F3N4/c1-15-7-16(2)10-20(9-15)32(21-11-17(3)8-18(4)12-21)19-5-6-31-23(13-19)22(29)14-24(30)25(26,27)28/h5-14,29H,30H2,1-4H3. The van der Waals surface area contributed by atoms with Crippen LogP contribution in [0.3, 0.4) is 0 Å². The molecule has 1 aromatic heterocycles. The van der Waals surface area contributed by atoms with Gasteiger partial charge in [-0.05, 0) is 92.4 Å². The maximum Gasteiger partial charge on any atom is 0.430 e. The summed E-state index contributed by atoms with van der Waals surface area (Å²) in [6, 6.07) is 15.7. The van der Waals surface area contributed by atoms with Crippen LogP contribution < -0.4 is 10.6 Å². The average Bonchev–Trinajstić information content (AvgIpc) is 2.66. The molecule has 3 rings (SSSR count). The van der Waals surface area contributed by atoms with E-state index in [0.717, 1.165) is 33.6 Å². The first-order chi connectivity index (χ1) is 14.9. The van der Waals surface area contributed by atoms with E-state index >= 15 is 0 Å². The Kier molecular flexibility index (Phi) is 6.39. The summed E-state index contributed by atoms with van der Waals surface area (Å²) in [6.07, 6.45) is -2.63. The number of halogens is 3. The first kappa shape index (κ1) is 23.1. The smallest absolute Gasteiger partial charge is 0.395 e. The van der Waals surface area contributed by atoms with Crippen LogP contribution in [0.25, 0.3) is 0 Å². The maximum absolute atomic E-state index is 12.8. The number of nitrogens with two attached hydrogens (primary N) is 1. The lowest BCUT2D eigenvalue weighted by atomic mass is 10.1. The summed E-state index contributed by atoms with van der Waals surface area (Å²) in [6.45, 7) is 8.03. The molecule has 1 heterocycles. The van der Waals surface area contributed by atoms with Crippen molar-refractivity contribution in [2.75, 3.05) is 4.90 Å². The Bertz CT molecular complexity index is 1100. The average molecular weight is 438 g/mol. The molecule has 0 atom stereocenters. The van der Waals surface area contributed by atoms with Gasteiger partial charge < -0.3 is 10.6 Å². The number of aryl methyl sites for hydroxylation is 4. The Morgan fingerprint density at radius 3 is 1.75 bits per heavy atom. The van der Waals surface area contributed by atoms with E-state index in [4.69, 9.17) is 11.1 Å². The number of anilines is 3. The third kappa shape index (κ3) is 5.35. The Morgan fingerprint density at radius 1 is 0.844 bits per heavy atom. The van der Waals surface area contributed by atoms with Gasteiger partial charge in [-0.15, -0.1) is 0 Å². The van der Waals surface area contributed by atoms with E-state index in [1.807, 2.05) is 56.9 Å². The number of rotatable bonds is 5. The third-order valence-corrected chi connectivity index (χ3v) is 4.83. The summed E-state index contributed by atoms with van der Waals surface area (Å²) in [5.74, 6) is 0. The summed E-state index contributed by atoms with van der Waals surface area (Å²) >= 11 is 0. The first-order valence-electron chi connectivity index (χ1n) is 10.00. The summed E-state index contributed by atoms with van der Waals surface area (Å²) in [4.78, 5) is 6.10. The van der Waals surface area contributed by atoms with E-state index < -0.39 is 17.6 Å². The second-order valence-corrected chi connectivity index (χ2v) is 7.94. The van der Waals surface area contributed by atoms with Crippen LogP contribution in [0.4, 0.5) is 30.2 Å². The molecular weight excluding hydrogens is 413 g/mol. The van der Waals surface area contributed by atoms with Crippen molar-refractivity contribution in [2.24, 2.45) is 5.73 Å². The second kappa shape index (κ2) is 8.86. The number of hydrogen-bond donors (Lipinski definition) is 2. The summed E-state index contributed by atoms with van der Waals surface area (Å²) in [5.41, 5.74) is 10.2. The van der Waals surface area contributed by atoms with Gasteiger partial charge in [0, 0.05) is 23.3 Å². The van der Waals surface area contributed by atoms with Crippen LogP contribution >= 0.6 is 0 Å². The maximum atomic E-state index is 12.8. The summed E-state index contributed by atoms with van der Waals surface area (Å²) in [5, 5.41) is 8.09. The molecule has 4 nitrogen and oxygen atoms in total. The summed E-state index contributed by atoms with van der Waals surface area (Å²) < 4.78 is 38.4. The Hall–Kier alpha value is -3.61. The molecule has 3 aromatic rings. The van der Waals surface area contributed by atoms with Gasteiger partial charge in [-0.3, -0.25) is 10.4 Å². The van der Waals surface area contributed by atoms with Crippen LogP contribution in [0, 0.1) is 33.1 Å². The number of benzene rings is 2. The molecule has 0 saturated heterocycles.